The van der Waals surface area contributed by atoms with Crippen molar-refractivity contribution in [2.75, 3.05) is 13.1 Å². The molecule has 78 valence electrons. The van der Waals surface area contributed by atoms with Gasteiger partial charge in [-0.1, -0.05) is 15.9 Å². The highest BCUT2D eigenvalue weighted by atomic mass is 79.9. The molecular weight excluding hydrogens is 260 g/mol. The Labute approximate surface area is 97.5 Å². The summed E-state index contributed by atoms with van der Waals surface area (Å²) in [5.74, 6) is 0. The molecule has 2 rings (SSSR count). The van der Waals surface area contributed by atoms with Gasteiger partial charge < -0.3 is 0 Å². The second-order valence-electron chi connectivity index (χ2n) is 3.73. The monoisotopic (exact) mass is 274 g/mol. The summed E-state index contributed by atoms with van der Waals surface area (Å²) in [6.45, 7) is 5.66. The summed E-state index contributed by atoms with van der Waals surface area (Å²) in [4.78, 5) is 8.46. The maximum absolute atomic E-state index is 4.59. The minimum Gasteiger partial charge on any atom is -0.297 e. The van der Waals surface area contributed by atoms with Crippen molar-refractivity contribution < 1.29 is 0 Å². The third-order valence-electron chi connectivity index (χ3n) is 2.62. The lowest BCUT2D eigenvalue weighted by Crippen LogP contribution is -2.18. The summed E-state index contributed by atoms with van der Waals surface area (Å²) in [7, 11) is 0. The van der Waals surface area contributed by atoms with Gasteiger partial charge in [0, 0.05) is 10.2 Å². The number of nitrogens with zero attached hydrogens (tertiary/aromatic N) is 2. The molecule has 1 fully saturated rings. The fourth-order valence-corrected chi connectivity index (χ4v) is 3.52. The Bertz CT molecular complexity index is 305. The number of halogens is 1. The molecule has 0 atom stereocenters. The van der Waals surface area contributed by atoms with Crippen LogP contribution in [0.1, 0.15) is 28.4 Å². The molecule has 4 heteroatoms. The van der Waals surface area contributed by atoms with Crippen LogP contribution in [0.4, 0.5) is 0 Å². The summed E-state index contributed by atoms with van der Waals surface area (Å²) in [6, 6.07) is 0. The van der Waals surface area contributed by atoms with Gasteiger partial charge in [0.2, 0.25) is 0 Å². The zero-order valence-electron chi connectivity index (χ0n) is 8.42. The maximum Gasteiger partial charge on any atom is 0.107 e. The van der Waals surface area contributed by atoms with Gasteiger partial charge in [-0.3, -0.25) is 4.90 Å². The minimum atomic E-state index is 0.941. The van der Waals surface area contributed by atoms with Crippen LogP contribution in [-0.4, -0.2) is 23.0 Å². The largest absolute Gasteiger partial charge is 0.297 e. The van der Waals surface area contributed by atoms with E-state index in [2.05, 4.69) is 32.7 Å². The highest BCUT2D eigenvalue weighted by molar-refractivity contribution is 9.08. The molecule has 1 aliphatic heterocycles. The smallest absolute Gasteiger partial charge is 0.107 e. The van der Waals surface area contributed by atoms with Gasteiger partial charge >= 0.3 is 0 Å². The van der Waals surface area contributed by atoms with Crippen molar-refractivity contribution in [1.82, 2.24) is 9.88 Å². The molecule has 0 amide bonds. The summed E-state index contributed by atoms with van der Waals surface area (Å²) in [5, 5.41) is 2.22. The zero-order valence-corrected chi connectivity index (χ0v) is 10.8. The van der Waals surface area contributed by atoms with Crippen LogP contribution < -0.4 is 0 Å². The summed E-state index contributed by atoms with van der Waals surface area (Å²) in [5.41, 5.74) is 1.20. The SMILES string of the molecule is Cc1nc(CN2CCCC2)sc1CBr. The summed E-state index contributed by atoms with van der Waals surface area (Å²) in [6.07, 6.45) is 2.71. The van der Waals surface area contributed by atoms with Crippen molar-refractivity contribution >= 4 is 27.3 Å². The first kappa shape index (κ1) is 10.6. The molecule has 1 aromatic heterocycles. The number of hydrogen-bond acceptors (Lipinski definition) is 3. The van der Waals surface area contributed by atoms with Gasteiger partial charge in [0.1, 0.15) is 5.01 Å². The average molecular weight is 275 g/mol. The van der Waals surface area contributed by atoms with Crippen molar-refractivity contribution in [3.63, 3.8) is 0 Å². The van der Waals surface area contributed by atoms with Gasteiger partial charge in [-0.15, -0.1) is 11.3 Å². The summed E-state index contributed by atoms with van der Waals surface area (Å²) < 4.78 is 0. The van der Waals surface area contributed by atoms with Crippen LogP contribution in [0.5, 0.6) is 0 Å². The van der Waals surface area contributed by atoms with Gasteiger partial charge in [-0.05, 0) is 32.9 Å². The van der Waals surface area contributed by atoms with E-state index in [0.29, 0.717) is 0 Å². The topological polar surface area (TPSA) is 16.1 Å². The van der Waals surface area contributed by atoms with Crippen molar-refractivity contribution in [1.29, 1.82) is 0 Å². The molecular formula is C10H15BrN2S. The lowest BCUT2D eigenvalue weighted by molar-refractivity contribution is 0.330. The number of aromatic nitrogens is 1. The van der Waals surface area contributed by atoms with Crippen LogP contribution in [0, 0.1) is 6.92 Å². The molecule has 0 N–H and O–H groups in total. The lowest BCUT2D eigenvalue weighted by atomic mass is 10.4. The molecule has 2 nitrogen and oxygen atoms in total. The Hall–Kier alpha value is 0.0700. The Morgan fingerprint density at radius 1 is 1.43 bits per heavy atom. The van der Waals surface area contributed by atoms with Gasteiger partial charge in [0.15, 0.2) is 0 Å². The van der Waals surface area contributed by atoms with E-state index in [1.165, 1.54) is 41.5 Å². The van der Waals surface area contributed by atoms with Crippen LogP contribution in [-0.2, 0) is 11.9 Å². The zero-order chi connectivity index (χ0) is 9.97. The normalized spacial score (nSPS) is 17.9. The second kappa shape index (κ2) is 4.73. The first-order valence-electron chi connectivity index (χ1n) is 5.03. The predicted octanol–water partition coefficient (Wildman–Crippen LogP) is 2.94. The van der Waals surface area contributed by atoms with E-state index in [0.717, 1.165) is 11.9 Å². The fraction of sp³-hybridized carbons (Fsp3) is 0.700. The third-order valence-corrected chi connectivity index (χ3v) is 4.69. The summed E-state index contributed by atoms with van der Waals surface area (Å²) >= 11 is 5.34. The Balaban J connectivity index is 2.01. The van der Waals surface area contributed by atoms with E-state index in [4.69, 9.17) is 0 Å². The standard InChI is InChI=1S/C10H15BrN2S/c1-8-9(6-11)14-10(12-8)7-13-4-2-3-5-13/h2-7H2,1H3. The van der Waals surface area contributed by atoms with E-state index in [9.17, 15) is 0 Å². The molecule has 0 aromatic carbocycles. The highest BCUT2D eigenvalue weighted by Crippen LogP contribution is 2.22. The van der Waals surface area contributed by atoms with Crippen molar-refractivity contribution in [3.8, 4) is 0 Å². The molecule has 14 heavy (non-hydrogen) atoms. The van der Waals surface area contributed by atoms with Crippen LogP contribution in [0.2, 0.25) is 0 Å². The molecule has 0 bridgehead atoms. The molecule has 1 saturated heterocycles. The molecule has 2 heterocycles. The number of likely N-dealkylation sites (tertiary alicyclic amines) is 1. The quantitative estimate of drug-likeness (QED) is 0.788. The average Bonchev–Trinajstić information content (AvgIpc) is 2.76. The van der Waals surface area contributed by atoms with Crippen LogP contribution in [0.15, 0.2) is 0 Å². The van der Waals surface area contributed by atoms with Crippen molar-refractivity contribution in [3.05, 3.63) is 15.6 Å². The molecule has 1 aliphatic rings. The van der Waals surface area contributed by atoms with E-state index in [1.807, 2.05) is 11.3 Å². The lowest BCUT2D eigenvalue weighted by Gasteiger charge is -2.11. The predicted molar refractivity (Wildman–Crippen MR) is 64.0 cm³/mol. The number of aryl methyl sites for hydroxylation is 1. The Kier molecular flexibility index (Phi) is 3.57. The number of alkyl halides is 1. The highest BCUT2D eigenvalue weighted by Gasteiger charge is 2.14. The van der Waals surface area contributed by atoms with E-state index in [1.54, 1.807) is 0 Å². The van der Waals surface area contributed by atoms with Gasteiger partial charge in [0.25, 0.3) is 0 Å². The fourth-order valence-electron chi connectivity index (χ4n) is 1.81. The van der Waals surface area contributed by atoms with Gasteiger partial charge in [0.05, 0.1) is 12.2 Å². The molecule has 1 aromatic rings. The van der Waals surface area contributed by atoms with Crippen molar-refractivity contribution in [2.45, 2.75) is 31.6 Å². The first-order valence-corrected chi connectivity index (χ1v) is 6.97. The molecule has 0 spiro atoms. The van der Waals surface area contributed by atoms with Crippen LogP contribution >= 0.6 is 27.3 Å². The van der Waals surface area contributed by atoms with E-state index in [-0.39, 0.29) is 0 Å². The molecule has 0 radical (unpaired) electrons. The van der Waals surface area contributed by atoms with Gasteiger partial charge in [-0.2, -0.15) is 0 Å². The van der Waals surface area contributed by atoms with Gasteiger partial charge in [-0.25, -0.2) is 4.98 Å². The van der Waals surface area contributed by atoms with Crippen LogP contribution in [0.25, 0.3) is 0 Å². The third kappa shape index (κ3) is 2.35. The Morgan fingerprint density at radius 2 is 2.14 bits per heavy atom. The number of thiazole rings is 1. The minimum absolute atomic E-state index is 0.941. The second-order valence-corrected chi connectivity index (χ2v) is 5.46. The molecule has 0 aliphatic carbocycles. The van der Waals surface area contributed by atoms with E-state index < -0.39 is 0 Å². The molecule has 0 saturated carbocycles. The van der Waals surface area contributed by atoms with Crippen LogP contribution in [0.3, 0.4) is 0 Å². The van der Waals surface area contributed by atoms with Crippen molar-refractivity contribution in [2.24, 2.45) is 0 Å². The number of hydrogen-bond donors (Lipinski definition) is 0. The number of rotatable bonds is 3. The maximum atomic E-state index is 4.59. The van der Waals surface area contributed by atoms with E-state index >= 15 is 0 Å². The first-order chi connectivity index (χ1) is 6.79. The Morgan fingerprint density at radius 3 is 2.71 bits per heavy atom. The molecule has 0 unspecified atom stereocenters.